The highest BCUT2D eigenvalue weighted by Crippen LogP contribution is 2.02. The molecular formula is C6H11O3-. The van der Waals surface area contributed by atoms with Crippen LogP contribution >= 0.6 is 0 Å². The van der Waals surface area contributed by atoms with E-state index in [0.717, 1.165) is 0 Å². The van der Waals surface area contributed by atoms with Gasteiger partial charge in [-0.1, -0.05) is 13.8 Å². The van der Waals surface area contributed by atoms with Gasteiger partial charge in [0.2, 0.25) is 0 Å². The van der Waals surface area contributed by atoms with Crippen molar-refractivity contribution in [2.45, 2.75) is 26.4 Å². The SMILES string of the molecule is CC(C)C[C@H](O)C(=O)[O-]. The molecule has 0 rings (SSSR count). The van der Waals surface area contributed by atoms with Crippen molar-refractivity contribution in [3.63, 3.8) is 0 Å². The first-order valence-electron chi connectivity index (χ1n) is 2.93. The Kier molecular flexibility index (Phi) is 3.24. The van der Waals surface area contributed by atoms with Crippen molar-refractivity contribution in [2.24, 2.45) is 5.92 Å². The number of rotatable bonds is 3. The zero-order valence-electron chi connectivity index (χ0n) is 5.63. The van der Waals surface area contributed by atoms with Gasteiger partial charge in [-0.15, -0.1) is 0 Å². The van der Waals surface area contributed by atoms with Gasteiger partial charge in [0.15, 0.2) is 0 Å². The van der Waals surface area contributed by atoms with Gasteiger partial charge in [0.05, 0.1) is 12.1 Å². The largest absolute Gasteiger partial charge is 0.547 e. The first-order chi connectivity index (χ1) is 4.04. The van der Waals surface area contributed by atoms with Crippen molar-refractivity contribution in [2.75, 3.05) is 0 Å². The highest BCUT2D eigenvalue weighted by Gasteiger charge is 2.05. The number of hydrogen-bond donors (Lipinski definition) is 1. The Morgan fingerprint density at radius 2 is 2.11 bits per heavy atom. The molecule has 0 aliphatic rings. The second-order valence-electron chi connectivity index (χ2n) is 2.46. The molecule has 0 aromatic carbocycles. The molecule has 0 bridgehead atoms. The van der Waals surface area contributed by atoms with Crippen LogP contribution in [0.15, 0.2) is 0 Å². The number of carbonyl (C=O) groups excluding carboxylic acids is 1. The third-order valence-corrected chi connectivity index (χ3v) is 0.967. The molecular weight excluding hydrogens is 120 g/mol. The summed E-state index contributed by atoms with van der Waals surface area (Å²) in [5, 5.41) is 18.5. The highest BCUT2D eigenvalue weighted by molar-refractivity contribution is 5.69. The molecule has 0 aromatic heterocycles. The van der Waals surface area contributed by atoms with Gasteiger partial charge in [0.1, 0.15) is 0 Å². The van der Waals surface area contributed by atoms with Crippen LogP contribution in [-0.4, -0.2) is 17.2 Å². The van der Waals surface area contributed by atoms with E-state index in [1.54, 1.807) is 0 Å². The summed E-state index contributed by atoms with van der Waals surface area (Å²) in [7, 11) is 0. The Labute approximate surface area is 54.3 Å². The summed E-state index contributed by atoms with van der Waals surface area (Å²) in [6.45, 7) is 3.68. The molecule has 0 unspecified atom stereocenters. The standard InChI is InChI=1S/C6H12O3/c1-4(2)3-5(7)6(8)9/h4-5,7H,3H2,1-2H3,(H,8,9)/p-1/t5-/m0/s1. The molecule has 0 radical (unpaired) electrons. The fourth-order valence-corrected chi connectivity index (χ4v) is 0.543. The van der Waals surface area contributed by atoms with Crippen molar-refractivity contribution >= 4 is 5.97 Å². The summed E-state index contributed by atoms with van der Waals surface area (Å²) in [6, 6.07) is 0. The van der Waals surface area contributed by atoms with Crippen LogP contribution in [0.5, 0.6) is 0 Å². The smallest absolute Gasteiger partial charge is 0.0936 e. The highest BCUT2D eigenvalue weighted by atomic mass is 16.4. The van der Waals surface area contributed by atoms with Crippen LogP contribution in [0.3, 0.4) is 0 Å². The van der Waals surface area contributed by atoms with E-state index < -0.39 is 12.1 Å². The van der Waals surface area contributed by atoms with Gasteiger partial charge in [-0.2, -0.15) is 0 Å². The Balaban J connectivity index is 3.50. The van der Waals surface area contributed by atoms with Crippen LogP contribution in [0.2, 0.25) is 0 Å². The van der Waals surface area contributed by atoms with Gasteiger partial charge in [0.25, 0.3) is 0 Å². The van der Waals surface area contributed by atoms with E-state index in [4.69, 9.17) is 5.11 Å². The monoisotopic (exact) mass is 131 g/mol. The number of aliphatic hydroxyl groups is 1. The van der Waals surface area contributed by atoms with Crippen LogP contribution < -0.4 is 5.11 Å². The molecule has 0 amide bonds. The summed E-state index contributed by atoms with van der Waals surface area (Å²) in [5.74, 6) is -1.19. The van der Waals surface area contributed by atoms with Gasteiger partial charge in [-0.25, -0.2) is 0 Å². The minimum atomic E-state index is -1.39. The zero-order chi connectivity index (χ0) is 7.44. The summed E-state index contributed by atoms with van der Waals surface area (Å²) in [6.07, 6.45) is -1.03. The minimum absolute atomic E-state index is 0.192. The van der Waals surface area contributed by atoms with E-state index in [0.29, 0.717) is 0 Å². The van der Waals surface area contributed by atoms with E-state index in [1.165, 1.54) is 0 Å². The predicted molar refractivity (Wildman–Crippen MR) is 30.5 cm³/mol. The Morgan fingerprint density at radius 1 is 1.67 bits per heavy atom. The number of carbonyl (C=O) groups is 1. The molecule has 0 saturated heterocycles. The molecule has 1 N–H and O–H groups in total. The normalized spacial score (nSPS) is 13.8. The van der Waals surface area contributed by atoms with Crippen molar-refractivity contribution in [3.05, 3.63) is 0 Å². The van der Waals surface area contributed by atoms with Gasteiger partial charge in [-0.3, -0.25) is 0 Å². The lowest BCUT2D eigenvalue weighted by Crippen LogP contribution is -2.36. The first-order valence-corrected chi connectivity index (χ1v) is 2.93. The lowest BCUT2D eigenvalue weighted by atomic mass is 10.1. The van der Waals surface area contributed by atoms with Crippen molar-refractivity contribution in [1.82, 2.24) is 0 Å². The molecule has 1 atom stereocenters. The number of carboxylic acid groups (broad SMARTS) is 1. The summed E-state index contributed by atoms with van der Waals surface area (Å²) in [4.78, 5) is 9.87. The van der Waals surface area contributed by atoms with E-state index in [1.807, 2.05) is 13.8 Å². The lowest BCUT2D eigenvalue weighted by molar-refractivity contribution is -0.315. The number of aliphatic carboxylic acids is 1. The third-order valence-electron chi connectivity index (χ3n) is 0.967. The molecule has 9 heavy (non-hydrogen) atoms. The van der Waals surface area contributed by atoms with Gasteiger partial charge in [0, 0.05) is 0 Å². The third kappa shape index (κ3) is 3.97. The molecule has 3 nitrogen and oxygen atoms in total. The topological polar surface area (TPSA) is 60.4 Å². The van der Waals surface area contributed by atoms with E-state index in [9.17, 15) is 9.90 Å². The van der Waals surface area contributed by atoms with Crippen LogP contribution in [-0.2, 0) is 4.79 Å². The van der Waals surface area contributed by atoms with Crippen molar-refractivity contribution in [3.8, 4) is 0 Å². The van der Waals surface area contributed by atoms with E-state index in [2.05, 4.69) is 0 Å². The molecule has 0 fully saturated rings. The zero-order valence-corrected chi connectivity index (χ0v) is 5.63. The van der Waals surface area contributed by atoms with Crippen LogP contribution in [0, 0.1) is 5.92 Å². The molecule has 0 aliphatic carbocycles. The second-order valence-corrected chi connectivity index (χ2v) is 2.46. The van der Waals surface area contributed by atoms with E-state index >= 15 is 0 Å². The maximum atomic E-state index is 9.87. The second kappa shape index (κ2) is 3.45. The fourth-order valence-electron chi connectivity index (χ4n) is 0.543. The van der Waals surface area contributed by atoms with Crippen molar-refractivity contribution < 1.29 is 15.0 Å². The lowest BCUT2D eigenvalue weighted by Gasteiger charge is -2.12. The summed E-state index contributed by atoms with van der Waals surface area (Å²) < 4.78 is 0. The van der Waals surface area contributed by atoms with E-state index in [-0.39, 0.29) is 12.3 Å². The molecule has 0 aliphatic heterocycles. The molecule has 3 heteroatoms. The molecule has 0 aromatic rings. The first kappa shape index (κ1) is 8.43. The molecule has 0 spiro atoms. The van der Waals surface area contributed by atoms with Gasteiger partial charge in [-0.05, 0) is 12.3 Å². The predicted octanol–water partition coefficient (Wildman–Crippen LogP) is -0.857. The summed E-state index contributed by atoms with van der Waals surface area (Å²) >= 11 is 0. The summed E-state index contributed by atoms with van der Waals surface area (Å²) in [5.41, 5.74) is 0. The number of hydrogen-bond acceptors (Lipinski definition) is 3. The average Bonchev–Trinajstić information content (AvgIpc) is 1.63. The fraction of sp³-hybridized carbons (Fsp3) is 0.833. The van der Waals surface area contributed by atoms with Crippen LogP contribution in [0.25, 0.3) is 0 Å². The number of aliphatic hydroxyl groups excluding tert-OH is 1. The Hall–Kier alpha value is -0.570. The number of carboxylic acids is 1. The molecule has 0 saturated carbocycles. The van der Waals surface area contributed by atoms with Crippen LogP contribution in [0.4, 0.5) is 0 Å². The van der Waals surface area contributed by atoms with Crippen molar-refractivity contribution in [1.29, 1.82) is 0 Å². The maximum absolute atomic E-state index is 9.87. The Bertz CT molecular complexity index is 98.5. The molecule has 0 heterocycles. The Morgan fingerprint density at radius 3 is 2.22 bits per heavy atom. The minimum Gasteiger partial charge on any atom is -0.547 e. The quantitative estimate of drug-likeness (QED) is 0.542. The maximum Gasteiger partial charge on any atom is 0.0936 e. The van der Waals surface area contributed by atoms with Gasteiger partial charge >= 0.3 is 0 Å². The van der Waals surface area contributed by atoms with Gasteiger partial charge < -0.3 is 15.0 Å². The molecule has 54 valence electrons. The average molecular weight is 131 g/mol. The van der Waals surface area contributed by atoms with Crippen LogP contribution in [0.1, 0.15) is 20.3 Å².